The average Bonchev–Trinajstić information content (AvgIpc) is 2.62. The minimum Gasteiger partial charge on any atom is -0.481 e. The van der Waals surface area contributed by atoms with Crippen molar-refractivity contribution in [1.82, 2.24) is 19.9 Å². The van der Waals surface area contributed by atoms with Gasteiger partial charge < -0.3 is 14.5 Å². The summed E-state index contributed by atoms with van der Waals surface area (Å²) >= 11 is 5.84. The van der Waals surface area contributed by atoms with Crippen molar-refractivity contribution in [1.29, 1.82) is 0 Å². The smallest absolute Gasteiger partial charge is 0.228 e. The molecule has 0 bridgehead atoms. The summed E-state index contributed by atoms with van der Waals surface area (Å²) < 4.78 is 5.16. The normalized spacial score (nSPS) is 15.5. The third kappa shape index (κ3) is 3.61. The summed E-state index contributed by atoms with van der Waals surface area (Å²) in [5.74, 6) is 2.00. The molecule has 0 aliphatic carbocycles. The van der Waals surface area contributed by atoms with E-state index < -0.39 is 0 Å². The third-order valence-electron chi connectivity index (χ3n) is 4.04. The number of hydrogen-bond acceptors (Lipinski definition) is 7. The number of hydrogen-bond donors (Lipinski definition) is 0. The van der Waals surface area contributed by atoms with E-state index in [0.29, 0.717) is 28.8 Å². The molecule has 0 saturated carbocycles. The molecule has 0 aromatic carbocycles. The zero-order valence-electron chi connectivity index (χ0n) is 13.2. The molecular formula is C15H19ClN6O. The van der Waals surface area contributed by atoms with Crippen LogP contribution in [0.5, 0.6) is 5.88 Å². The average molecular weight is 335 g/mol. The first-order chi connectivity index (χ1) is 11.2. The molecule has 1 aliphatic rings. The van der Waals surface area contributed by atoms with E-state index in [1.165, 1.54) is 0 Å². The zero-order chi connectivity index (χ0) is 16.2. The van der Waals surface area contributed by atoms with Crippen molar-refractivity contribution in [3.8, 4) is 5.88 Å². The second-order valence-electron chi connectivity index (χ2n) is 5.43. The van der Waals surface area contributed by atoms with Crippen LogP contribution >= 0.6 is 11.6 Å². The Labute approximate surface area is 140 Å². The molecular weight excluding hydrogens is 316 g/mol. The number of anilines is 2. The third-order valence-corrected chi connectivity index (χ3v) is 4.24. The summed E-state index contributed by atoms with van der Waals surface area (Å²) in [5, 5.41) is 0.548. The first kappa shape index (κ1) is 15.7. The van der Waals surface area contributed by atoms with Gasteiger partial charge in [-0.1, -0.05) is 11.6 Å². The molecule has 0 radical (unpaired) electrons. The quantitative estimate of drug-likeness (QED) is 0.847. The zero-order valence-corrected chi connectivity index (χ0v) is 13.9. The Hall–Kier alpha value is -2.15. The highest BCUT2D eigenvalue weighted by Gasteiger charge is 2.25. The van der Waals surface area contributed by atoms with Crippen molar-refractivity contribution in [2.75, 3.05) is 37.0 Å². The van der Waals surface area contributed by atoms with E-state index in [1.807, 2.05) is 7.05 Å². The fraction of sp³-hybridized carbons (Fsp3) is 0.467. The second-order valence-corrected chi connectivity index (χ2v) is 5.87. The van der Waals surface area contributed by atoms with Gasteiger partial charge in [-0.25, -0.2) is 15.0 Å². The Balaban J connectivity index is 1.62. The van der Waals surface area contributed by atoms with Crippen LogP contribution in [0.1, 0.15) is 12.8 Å². The largest absolute Gasteiger partial charge is 0.481 e. The lowest BCUT2D eigenvalue weighted by atomic mass is 10.0. The standard InChI is InChI=1S/C15H19ClN6O/c1-21(14-18-9-11(16)10-19-14)12-4-7-22(8-5-12)15-17-6-3-13(20-15)23-2/h3,6,9-10,12H,4-5,7-8H2,1-2H3. The lowest BCUT2D eigenvalue weighted by Crippen LogP contribution is -2.44. The van der Waals surface area contributed by atoms with Gasteiger partial charge in [0.05, 0.1) is 24.5 Å². The summed E-state index contributed by atoms with van der Waals surface area (Å²) in [6.45, 7) is 1.77. The van der Waals surface area contributed by atoms with Gasteiger partial charge in [-0.3, -0.25) is 0 Å². The highest BCUT2D eigenvalue weighted by molar-refractivity contribution is 6.30. The molecule has 8 heteroatoms. The fourth-order valence-corrected chi connectivity index (χ4v) is 2.80. The van der Waals surface area contributed by atoms with Crippen LogP contribution in [0.4, 0.5) is 11.9 Å². The monoisotopic (exact) mass is 334 g/mol. The van der Waals surface area contributed by atoms with Gasteiger partial charge in [0.15, 0.2) is 0 Å². The van der Waals surface area contributed by atoms with Crippen LogP contribution in [-0.2, 0) is 0 Å². The van der Waals surface area contributed by atoms with Crippen molar-refractivity contribution >= 4 is 23.5 Å². The van der Waals surface area contributed by atoms with Gasteiger partial charge in [0.1, 0.15) is 0 Å². The molecule has 2 aromatic heterocycles. The van der Waals surface area contributed by atoms with Gasteiger partial charge in [0.2, 0.25) is 17.8 Å². The molecule has 23 heavy (non-hydrogen) atoms. The maximum atomic E-state index is 5.84. The molecule has 0 unspecified atom stereocenters. The molecule has 7 nitrogen and oxygen atoms in total. The summed E-state index contributed by atoms with van der Waals surface area (Å²) in [5.41, 5.74) is 0. The predicted octanol–water partition coefficient (Wildman–Crippen LogP) is 2.03. The van der Waals surface area contributed by atoms with E-state index in [9.17, 15) is 0 Å². The fourth-order valence-electron chi connectivity index (χ4n) is 2.70. The molecule has 1 saturated heterocycles. The van der Waals surface area contributed by atoms with Gasteiger partial charge in [-0.15, -0.1) is 0 Å². The van der Waals surface area contributed by atoms with Gasteiger partial charge in [-0.05, 0) is 12.8 Å². The highest BCUT2D eigenvalue weighted by Crippen LogP contribution is 2.22. The summed E-state index contributed by atoms with van der Waals surface area (Å²) in [4.78, 5) is 21.6. The van der Waals surface area contributed by atoms with Crippen molar-refractivity contribution in [3.63, 3.8) is 0 Å². The molecule has 3 heterocycles. The van der Waals surface area contributed by atoms with E-state index in [1.54, 1.807) is 31.8 Å². The Morgan fingerprint density at radius 2 is 1.91 bits per heavy atom. The van der Waals surface area contributed by atoms with E-state index in [2.05, 4.69) is 29.7 Å². The number of methoxy groups -OCH3 is 1. The maximum absolute atomic E-state index is 5.84. The topological polar surface area (TPSA) is 67.3 Å². The van der Waals surface area contributed by atoms with E-state index in [-0.39, 0.29) is 0 Å². The number of nitrogens with zero attached hydrogens (tertiary/aromatic N) is 6. The molecule has 2 aromatic rings. The molecule has 122 valence electrons. The lowest BCUT2D eigenvalue weighted by Gasteiger charge is -2.36. The van der Waals surface area contributed by atoms with Crippen molar-refractivity contribution in [2.24, 2.45) is 0 Å². The van der Waals surface area contributed by atoms with E-state index >= 15 is 0 Å². The molecule has 1 aliphatic heterocycles. The Morgan fingerprint density at radius 3 is 2.57 bits per heavy atom. The molecule has 1 fully saturated rings. The molecule has 0 amide bonds. The number of aromatic nitrogens is 4. The van der Waals surface area contributed by atoms with Gasteiger partial charge in [0.25, 0.3) is 0 Å². The Morgan fingerprint density at radius 1 is 1.22 bits per heavy atom. The predicted molar refractivity (Wildman–Crippen MR) is 89.3 cm³/mol. The minimum absolute atomic E-state index is 0.387. The highest BCUT2D eigenvalue weighted by atomic mass is 35.5. The number of rotatable bonds is 4. The number of piperidine rings is 1. The van der Waals surface area contributed by atoms with Crippen LogP contribution in [0.15, 0.2) is 24.7 Å². The van der Waals surface area contributed by atoms with Gasteiger partial charge in [0, 0.05) is 38.4 Å². The Bertz CT molecular complexity index is 645. The minimum atomic E-state index is 0.387. The number of ether oxygens (including phenoxy) is 1. The van der Waals surface area contributed by atoms with Crippen molar-refractivity contribution < 1.29 is 4.74 Å². The van der Waals surface area contributed by atoms with Crippen LogP contribution in [0.25, 0.3) is 0 Å². The van der Waals surface area contributed by atoms with Crippen LogP contribution in [0, 0.1) is 0 Å². The number of halogens is 1. The molecule has 3 rings (SSSR count). The molecule has 0 spiro atoms. The van der Waals surface area contributed by atoms with Crippen molar-refractivity contribution in [3.05, 3.63) is 29.7 Å². The molecule has 0 N–H and O–H groups in total. The van der Waals surface area contributed by atoms with Gasteiger partial charge in [-0.2, -0.15) is 4.98 Å². The van der Waals surface area contributed by atoms with Crippen LogP contribution in [-0.4, -0.2) is 53.2 Å². The SMILES string of the molecule is COc1ccnc(N2CCC(N(C)c3ncc(Cl)cn3)CC2)n1. The van der Waals surface area contributed by atoms with Crippen LogP contribution < -0.4 is 14.5 Å². The van der Waals surface area contributed by atoms with E-state index in [4.69, 9.17) is 16.3 Å². The lowest BCUT2D eigenvalue weighted by molar-refractivity contribution is 0.395. The van der Waals surface area contributed by atoms with Gasteiger partial charge >= 0.3 is 0 Å². The second kappa shape index (κ2) is 6.95. The van der Waals surface area contributed by atoms with Crippen LogP contribution in [0.2, 0.25) is 5.02 Å². The summed E-state index contributed by atoms with van der Waals surface area (Å²) in [6, 6.07) is 2.14. The van der Waals surface area contributed by atoms with E-state index in [0.717, 1.165) is 25.9 Å². The summed E-state index contributed by atoms with van der Waals surface area (Å²) in [7, 11) is 3.63. The van der Waals surface area contributed by atoms with Crippen molar-refractivity contribution in [2.45, 2.75) is 18.9 Å². The summed E-state index contributed by atoms with van der Waals surface area (Å²) in [6.07, 6.45) is 6.95. The maximum Gasteiger partial charge on any atom is 0.228 e. The first-order valence-electron chi connectivity index (χ1n) is 7.49. The Kier molecular flexibility index (Phi) is 4.76. The molecule has 0 atom stereocenters. The first-order valence-corrected chi connectivity index (χ1v) is 7.87. The van der Waals surface area contributed by atoms with Crippen LogP contribution in [0.3, 0.4) is 0 Å².